The van der Waals surface area contributed by atoms with Gasteiger partial charge in [-0.2, -0.15) is 0 Å². The van der Waals surface area contributed by atoms with Gasteiger partial charge in [0.25, 0.3) is 0 Å². The first-order chi connectivity index (χ1) is 39.3. The molecule has 1 aliphatic rings. The normalized spacial score (nSPS) is 19.0. The zero-order valence-corrected chi connectivity index (χ0v) is 51.8. The fourth-order valence-electron chi connectivity index (χ4n) is 10.4. The Hall–Kier alpha value is -2.63. The first-order valence-corrected chi connectivity index (χ1v) is 33.8. The summed E-state index contributed by atoms with van der Waals surface area (Å²) < 4.78 is 11.3. The Kier molecular flexibility index (Phi) is 56.1. The number of carbonyl (C=O) groups is 1. The number of allylic oxidation sites excluding steroid dienone is 13. The van der Waals surface area contributed by atoms with Crippen molar-refractivity contribution in [3.8, 4) is 0 Å². The topological polar surface area (TPSA) is 149 Å². The number of aliphatic hydroxyl groups is 5. The molecule has 0 saturated carbocycles. The predicted octanol–water partition coefficient (Wildman–Crippen LogP) is 18.1. The molecule has 0 aliphatic carbocycles. The summed E-state index contributed by atoms with van der Waals surface area (Å²) in [5, 5.41) is 54.7. The molecule has 0 radical (unpaired) electrons. The molecule has 0 aromatic carbocycles. The number of aliphatic hydroxyl groups excluding tert-OH is 5. The molecule has 0 bridgehead atoms. The monoisotopic (exact) mass is 1120 g/mol. The summed E-state index contributed by atoms with van der Waals surface area (Å²) in [7, 11) is 0. The van der Waals surface area contributed by atoms with E-state index in [0.717, 1.165) is 70.6 Å². The van der Waals surface area contributed by atoms with E-state index in [2.05, 4.69) is 92.1 Å². The number of ether oxygens (including phenoxy) is 2. The molecule has 0 spiro atoms. The minimum Gasteiger partial charge on any atom is -0.394 e. The van der Waals surface area contributed by atoms with Gasteiger partial charge in [-0.15, -0.1) is 0 Å². The van der Waals surface area contributed by atoms with Gasteiger partial charge in [-0.05, 0) is 83.5 Å². The van der Waals surface area contributed by atoms with E-state index in [1.54, 1.807) is 6.08 Å². The lowest BCUT2D eigenvalue weighted by Crippen LogP contribution is -2.60. The van der Waals surface area contributed by atoms with Crippen molar-refractivity contribution in [3.63, 3.8) is 0 Å². The van der Waals surface area contributed by atoms with Crippen molar-refractivity contribution in [3.05, 3.63) is 85.1 Å². The number of rotatable bonds is 58. The highest BCUT2D eigenvalue weighted by molar-refractivity contribution is 5.76. The molecular weight excluding hydrogens is 995 g/mol. The standard InChI is InChI=1S/C71H127NO8/c1-3-5-7-9-11-13-15-17-19-21-23-25-27-29-30-31-32-33-34-35-36-37-39-41-43-45-47-49-51-53-55-57-59-61-67(75)72-64(63-79-71-70(78)69(77)68(76)66(62-73)80-71)65(74)60-58-56-54-52-50-48-46-44-42-40-38-28-26-24-22-20-18-16-14-12-10-8-6-4-2/h5,7,11,13,17,19,23,25,42,44,50,52,58,60,64-66,68-71,73-74,76-78H,3-4,6,8-10,12,14-16,18,20-22,24,26-41,43,45-49,51,53-57,59,61-63H2,1-2H3,(H,72,75)/b7-5-,13-11-,19-17-,25-23-,44-42+,52-50+,60-58+. The van der Waals surface area contributed by atoms with Crippen LogP contribution in [0.1, 0.15) is 303 Å². The number of unbranched alkanes of at least 4 members (excludes halogenated alkanes) is 36. The van der Waals surface area contributed by atoms with E-state index in [0.29, 0.717) is 6.42 Å². The molecule has 7 atom stereocenters. The summed E-state index contributed by atoms with van der Waals surface area (Å²) in [4.78, 5) is 13.1. The van der Waals surface area contributed by atoms with Crippen LogP contribution in [0.15, 0.2) is 85.1 Å². The average molecular weight is 1120 g/mol. The fraction of sp³-hybridized carbons (Fsp3) is 0.789. The molecule has 1 rings (SSSR count). The van der Waals surface area contributed by atoms with Crippen LogP contribution in [0.3, 0.4) is 0 Å². The highest BCUT2D eigenvalue weighted by Gasteiger charge is 2.44. The third kappa shape index (κ3) is 47.8. The second-order valence-corrected chi connectivity index (χ2v) is 23.2. The van der Waals surface area contributed by atoms with Crippen LogP contribution in [0.4, 0.5) is 0 Å². The van der Waals surface area contributed by atoms with Crippen LogP contribution >= 0.6 is 0 Å². The molecule has 80 heavy (non-hydrogen) atoms. The van der Waals surface area contributed by atoms with Crippen LogP contribution in [0.2, 0.25) is 0 Å². The smallest absolute Gasteiger partial charge is 0.220 e. The molecule has 1 heterocycles. The molecule has 7 unspecified atom stereocenters. The minimum absolute atomic E-state index is 0.188. The lowest BCUT2D eigenvalue weighted by atomic mass is 9.99. The lowest BCUT2D eigenvalue weighted by molar-refractivity contribution is -0.302. The highest BCUT2D eigenvalue weighted by Crippen LogP contribution is 2.23. The summed E-state index contributed by atoms with van der Waals surface area (Å²) in [6.07, 6.45) is 78.3. The van der Waals surface area contributed by atoms with Crippen LogP contribution in [0.25, 0.3) is 0 Å². The Labute approximate surface area is 492 Å². The number of nitrogens with one attached hydrogen (secondary N) is 1. The van der Waals surface area contributed by atoms with Gasteiger partial charge >= 0.3 is 0 Å². The Bertz CT molecular complexity index is 1540. The zero-order chi connectivity index (χ0) is 57.9. The molecule has 6 N–H and O–H groups in total. The first kappa shape index (κ1) is 75.4. The van der Waals surface area contributed by atoms with E-state index in [4.69, 9.17) is 9.47 Å². The summed E-state index contributed by atoms with van der Waals surface area (Å²) in [5.41, 5.74) is 0. The largest absolute Gasteiger partial charge is 0.394 e. The van der Waals surface area contributed by atoms with Crippen molar-refractivity contribution in [2.45, 2.75) is 346 Å². The average Bonchev–Trinajstić information content (AvgIpc) is 3.46. The van der Waals surface area contributed by atoms with E-state index < -0.39 is 49.5 Å². The van der Waals surface area contributed by atoms with Crippen LogP contribution in [0, 0.1) is 0 Å². The van der Waals surface area contributed by atoms with Crippen molar-refractivity contribution in [2.24, 2.45) is 0 Å². The van der Waals surface area contributed by atoms with Gasteiger partial charge < -0.3 is 40.3 Å². The van der Waals surface area contributed by atoms with Crippen molar-refractivity contribution < 1.29 is 39.8 Å². The van der Waals surface area contributed by atoms with Crippen LogP contribution in [0.5, 0.6) is 0 Å². The summed E-state index contributed by atoms with van der Waals surface area (Å²) in [5.74, 6) is -0.188. The molecule has 1 amide bonds. The molecule has 1 aliphatic heterocycles. The van der Waals surface area contributed by atoms with Gasteiger partial charge in [0, 0.05) is 6.42 Å². The van der Waals surface area contributed by atoms with E-state index in [1.165, 1.54) is 212 Å². The van der Waals surface area contributed by atoms with E-state index in [1.807, 2.05) is 6.08 Å². The minimum atomic E-state index is -1.58. The SMILES string of the molecule is CC/C=C\C/C=C\C/C=C\C/C=C\CCCCCCCCCCCCCCCCCCCCCCC(=O)NC(COC1OC(CO)C(O)C(O)C1O)C(O)/C=C/CC/C=C/CC/C=C/CCCCCCCCCCCCCCCC. The van der Waals surface area contributed by atoms with Gasteiger partial charge in [0.1, 0.15) is 24.4 Å². The zero-order valence-electron chi connectivity index (χ0n) is 51.8. The second-order valence-electron chi connectivity index (χ2n) is 23.2. The first-order valence-electron chi connectivity index (χ1n) is 33.8. The molecule has 1 saturated heterocycles. The van der Waals surface area contributed by atoms with Gasteiger partial charge in [0.15, 0.2) is 6.29 Å². The summed E-state index contributed by atoms with van der Waals surface area (Å²) >= 11 is 0. The van der Waals surface area contributed by atoms with Crippen molar-refractivity contribution >= 4 is 5.91 Å². The number of amides is 1. The van der Waals surface area contributed by atoms with E-state index >= 15 is 0 Å². The number of hydrogen-bond donors (Lipinski definition) is 6. The quantitative estimate of drug-likeness (QED) is 0.0261. The summed E-state index contributed by atoms with van der Waals surface area (Å²) in [6, 6.07) is -0.832. The Morgan fingerprint density at radius 3 is 1.20 bits per heavy atom. The van der Waals surface area contributed by atoms with Crippen LogP contribution in [-0.2, 0) is 14.3 Å². The van der Waals surface area contributed by atoms with Crippen molar-refractivity contribution in [2.75, 3.05) is 13.2 Å². The molecule has 1 fully saturated rings. The van der Waals surface area contributed by atoms with Gasteiger partial charge in [0.2, 0.25) is 5.91 Å². The Morgan fingerprint density at radius 1 is 0.438 bits per heavy atom. The molecule has 0 aromatic rings. The van der Waals surface area contributed by atoms with Gasteiger partial charge in [-0.25, -0.2) is 0 Å². The van der Waals surface area contributed by atoms with Crippen molar-refractivity contribution in [1.29, 1.82) is 0 Å². The lowest BCUT2D eigenvalue weighted by Gasteiger charge is -2.40. The Balaban J connectivity index is 2.16. The molecule has 0 aromatic heterocycles. The predicted molar refractivity (Wildman–Crippen MR) is 341 cm³/mol. The second kappa shape index (κ2) is 59.5. The highest BCUT2D eigenvalue weighted by atomic mass is 16.7. The maximum Gasteiger partial charge on any atom is 0.220 e. The number of hydrogen-bond acceptors (Lipinski definition) is 8. The molecular formula is C71H127NO8. The Morgan fingerprint density at radius 2 is 0.787 bits per heavy atom. The third-order valence-corrected chi connectivity index (χ3v) is 15.7. The molecule has 464 valence electrons. The van der Waals surface area contributed by atoms with Gasteiger partial charge in [0.05, 0.1) is 25.4 Å². The fourth-order valence-corrected chi connectivity index (χ4v) is 10.4. The van der Waals surface area contributed by atoms with Gasteiger partial charge in [-0.3, -0.25) is 4.79 Å². The number of carbonyl (C=O) groups excluding carboxylic acids is 1. The van der Waals surface area contributed by atoms with E-state index in [-0.39, 0.29) is 12.5 Å². The maximum atomic E-state index is 13.1. The van der Waals surface area contributed by atoms with Crippen molar-refractivity contribution in [1.82, 2.24) is 5.32 Å². The molecule has 9 heteroatoms. The van der Waals surface area contributed by atoms with Gasteiger partial charge in [-0.1, -0.05) is 298 Å². The third-order valence-electron chi connectivity index (χ3n) is 15.7. The van der Waals surface area contributed by atoms with Crippen LogP contribution < -0.4 is 5.32 Å². The van der Waals surface area contributed by atoms with E-state index in [9.17, 15) is 30.3 Å². The van der Waals surface area contributed by atoms with Crippen LogP contribution in [-0.4, -0.2) is 87.5 Å². The molecule has 9 nitrogen and oxygen atoms in total. The maximum absolute atomic E-state index is 13.1. The summed E-state index contributed by atoms with van der Waals surface area (Å²) in [6.45, 7) is 3.68.